The van der Waals surface area contributed by atoms with Crippen molar-refractivity contribution in [3.63, 3.8) is 0 Å². The van der Waals surface area contributed by atoms with Crippen LogP contribution in [0.3, 0.4) is 0 Å². The number of hydrogen-bond acceptors (Lipinski definition) is 9. The Bertz CT molecular complexity index is 1700. The Kier molecular flexibility index (Phi) is 6.41. The van der Waals surface area contributed by atoms with E-state index in [2.05, 4.69) is 25.2 Å². The number of aromatic nitrogens is 5. The molecule has 5 heterocycles. The van der Waals surface area contributed by atoms with Gasteiger partial charge in [-0.05, 0) is 64.7 Å². The van der Waals surface area contributed by atoms with Crippen molar-refractivity contribution in [3.05, 3.63) is 35.9 Å². The molecule has 11 nitrogen and oxygen atoms in total. The summed E-state index contributed by atoms with van der Waals surface area (Å²) in [6.45, 7) is 9.81. The van der Waals surface area contributed by atoms with Crippen LogP contribution in [0.15, 0.2) is 24.5 Å². The number of anilines is 1. The fraction of sp³-hybridized carbons (Fsp3) is 0.500. The van der Waals surface area contributed by atoms with Gasteiger partial charge in [-0.3, -0.25) is 0 Å². The molecular formula is C30H34FN7O4. The van der Waals surface area contributed by atoms with E-state index in [1.807, 2.05) is 39.8 Å². The number of nitrogens with zero attached hydrogens (tertiary/aromatic N) is 7. The molecule has 2 saturated heterocycles. The van der Waals surface area contributed by atoms with Crippen molar-refractivity contribution < 1.29 is 23.4 Å². The van der Waals surface area contributed by atoms with Crippen molar-refractivity contribution in [1.82, 2.24) is 29.9 Å². The van der Waals surface area contributed by atoms with Crippen LogP contribution in [0.1, 0.15) is 51.8 Å². The van der Waals surface area contributed by atoms with E-state index in [9.17, 15) is 4.79 Å². The number of ether oxygens (including phenoxy) is 3. The first-order valence-electron chi connectivity index (χ1n) is 14.5. The number of carbonyl (C=O) groups is 1. The predicted molar refractivity (Wildman–Crippen MR) is 154 cm³/mol. The molecule has 2 aromatic carbocycles. The molecule has 2 atom stereocenters. The fourth-order valence-corrected chi connectivity index (χ4v) is 6.21. The predicted octanol–water partition coefficient (Wildman–Crippen LogP) is 5.01. The van der Waals surface area contributed by atoms with Gasteiger partial charge in [-0.25, -0.2) is 23.8 Å². The van der Waals surface area contributed by atoms with Crippen molar-refractivity contribution in [1.29, 1.82) is 0 Å². The molecule has 1 unspecified atom stereocenters. The standard InChI is InChI=1S/C30H34FN7O4/c1-17-8-9-20-26(34-35-38(20)22-7-5-6-12-40-22)23(17)19-13-21-24-27(25(19)31)32-16-33-28(24)37-11-10-36(14-18(37)15-41-21)29(39)42-30(2,3)4/h8-9,13,16,18,22H,5-7,10-12,14-15H2,1-4H3/t18-,22?/m0/s1. The highest BCUT2D eigenvalue weighted by Crippen LogP contribution is 2.43. The molecule has 0 bridgehead atoms. The van der Waals surface area contributed by atoms with Crippen LogP contribution in [0.2, 0.25) is 0 Å². The Labute approximate surface area is 242 Å². The van der Waals surface area contributed by atoms with Crippen LogP contribution in [0.25, 0.3) is 33.1 Å². The average molecular weight is 576 g/mol. The van der Waals surface area contributed by atoms with Crippen LogP contribution >= 0.6 is 0 Å². The minimum absolute atomic E-state index is 0.183. The Hall–Kier alpha value is -4.06. The van der Waals surface area contributed by atoms with E-state index < -0.39 is 11.4 Å². The fourth-order valence-electron chi connectivity index (χ4n) is 6.21. The van der Waals surface area contributed by atoms with Crippen molar-refractivity contribution in [2.45, 2.75) is 64.8 Å². The molecule has 42 heavy (non-hydrogen) atoms. The molecule has 0 saturated carbocycles. The highest BCUT2D eigenvalue weighted by molar-refractivity contribution is 6.02. The van der Waals surface area contributed by atoms with Gasteiger partial charge in [-0.1, -0.05) is 11.3 Å². The summed E-state index contributed by atoms with van der Waals surface area (Å²) in [4.78, 5) is 25.6. The van der Waals surface area contributed by atoms with Crippen LogP contribution in [0.4, 0.5) is 15.0 Å². The highest BCUT2D eigenvalue weighted by atomic mass is 19.1. The second-order valence-corrected chi connectivity index (χ2v) is 12.2. The third-order valence-corrected chi connectivity index (χ3v) is 8.18. The lowest BCUT2D eigenvalue weighted by molar-refractivity contribution is -0.0377. The summed E-state index contributed by atoms with van der Waals surface area (Å²) >= 11 is 0. The second kappa shape index (κ2) is 10.0. The van der Waals surface area contributed by atoms with E-state index in [4.69, 9.17) is 14.2 Å². The van der Waals surface area contributed by atoms with Crippen molar-refractivity contribution in [2.75, 3.05) is 37.7 Å². The molecule has 0 radical (unpaired) electrons. The summed E-state index contributed by atoms with van der Waals surface area (Å²) in [5, 5.41) is 9.45. The number of aryl methyl sites for hydroxylation is 1. The second-order valence-electron chi connectivity index (χ2n) is 12.2. The maximum Gasteiger partial charge on any atom is 0.410 e. The molecule has 2 aromatic heterocycles. The molecule has 3 aliphatic rings. The Balaban J connectivity index is 1.29. The lowest BCUT2D eigenvalue weighted by Crippen LogP contribution is -2.57. The van der Waals surface area contributed by atoms with E-state index >= 15 is 4.39 Å². The maximum atomic E-state index is 16.5. The minimum Gasteiger partial charge on any atom is -0.490 e. The van der Waals surface area contributed by atoms with Gasteiger partial charge < -0.3 is 24.0 Å². The number of rotatable bonds is 2. The number of benzene rings is 2. The third kappa shape index (κ3) is 4.48. The van der Waals surface area contributed by atoms with Crippen molar-refractivity contribution in [3.8, 4) is 16.9 Å². The molecule has 4 aromatic rings. The number of hydrogen-bond donors (Lipinski definition) is 0. The minimum atomic E-state index is -0.590. The first-order chi connectivity index (χ1) is 20.2. The number of carbonyl (C=O) groups excluding carboxylic acids is 1. The lowest BCUT2D eigenvalue weighted by Gasteiger charge is -2.41. The van der Waals surface area contributed by atoms with Crippen LogP contribution in [0, 0.1) is 12.7 Å². The van der Waals surface area contributed by atoms with Gasteiger partial charge in [0.2, 0.25) is 0 Å². The Morgan fingerprint density at radius 3 is 2.79 bits per heavy atom. The Morgan fingerprint density at radius 2 is 2.00 bits per heavy atom. The van der Waals surface area contributed by atoms with Gasteiger partial charge in [0.25, 0.3) is 0 Å². The van der Waals surface area contributed by atoms with Crippen LogP contribution in [-0.2, 0) is 9.47 Å². The molecule has 2 fully saturated rings. The zero-order chi connectivity index (χ0) is 29.2. The van der Waals surface area contributed by atoms with E-state index in [0.29, 0.717) is 59.8 Å². The van der Waals surface area contributed by atoms with Crippen LogP contribution in [0.5, 0.6) is 5.75 Å². The lowest BCUT2D eigenvalue weighted by atomic mass is 9.96. The molecule has 0 spiro atoms. The molecule has 7 rings (SSSR count). The van der Waals surface area contributed by atoms with Gasteiger partial charge >= 0.3 is 6.09 Å². The van der Waals surface area contributed by atoms with E-state index in [1.165, 1.54) is 6.33 Å². The molecule has 220 valence electrons. The summed E-state index contributed by atoms with van der Waals surface area (Å²) in [5.74, 6) is 0.627. The SMILES string of the molecule is Cc1ccc2c(nnn2C2CCCCO2)c1-c1cc2c3c(ncnc3c1F)N1CCN(C(=O)OC(C)(C)C)C[C@H]1CO2. The Morgan fingerprint density at radius 1 is 1.14 bits per heavy atom. The van der Waals surface area contributed by atoms with Crippen molar-refractivity contribution in [2.24, 2.45) is 0 Å². The zero-order valence-corrected chi connectivity index (χ0v) is 24.3. The van der Waals surface area contributed by atoms with Gasteiger partial charge in [0.05, 0.1) is 16.9 Å². The average Bonchev–Trinajstić information content (AvgIpc) is 3.33. The van der Waals surface area contributed by atoms with Crippen LogP contribution < -0.4 is 9.64 Å². The molecule has 0 aliphatic carbocycles. The van der Waals surface area contributed by atoms with E-state index in [0.717, 1.165) is 30.3 Å². The monoisotopic (exact) mass is 575 g/mol. The van der Waals surface area contributed by atoms with Crippen LogP contribution in [-0.4, -0.2) is 80.4 Å². The van der Waals surface area contributed by atoms with Gasteiger partial charge in [0.1, 0.15) is 41.1 Å². The molecule has 1 amide bonds. The van der Waals surface area contributed by atoms with Gasteiger partial charge in [-0.15, -0.1) is 5.10 Å². The summed E-state index contributed by atoms with van der Waals surface area (Å²) in [6.07, 6.45) is 3.77. The number of amides is 1. The van der Waals surface area contributed by atoms with E-state index in [1.54, 1.807) is 15.6 Å². The molecular weight excluding hydrogens is 541 g/mol. The van der Waals surface area contributed by atoms with Gasteiger partial charge in [0.15, 0.2) is 12.0 Å². The summed E-state index contributed by atoms with van der Waals surface area (Å²) in [5.41, 5.74) is 2.83. The van der Waals surface area contributed by atoms with Gasteiger partial charge in [0, 0.05) is 37.4 Å². The largest absolute Gasteiger partial charge is 0.490 e. The quantitative estimate of drug-likeness (QED) is 0.326. The maximum absolute atomic E-state index is 16.5. The summed E-state index contributed by atoms with van der Waals surface area (Å²) in [6, 6.07) is 5.46. The smallest absolute Gasteiger partial charge is 0.410 e. The topological polar surface area (TPSA) is 108 Å². The first-order valence-corrected chi connectivity index (χ1v) is 14.5. The normalized spacial score (nSPS) is 20.8. The number of halogens is 1. The third-order valence-electron chi connectivity index (χ3n) is 8.18. The molecule has 12 heteroatoms. The van der Waals surface area contributed by atoms with E-state index in [-0.39, 0.29) is 30.5 Å². The molecule has 0 N–H and O–H groups in total. The zero-order valence-electron chi connectivity index (χ0n) is 24.3. The van der Waals surface area contributed by atoms with Gasteiger partial charge in [-0.2, -0.15) is 0 Å². The number of piperazine rings is 1. The number of fused-ring (bicyclic) bond motifs is 3. The summed E-state index contributed by atoms with van der Waals surface area (Å²) < 4.78 is 36.2. The molecule has 3 aliphatic heterocycles. The first kappa shape index (κ1) is 26.8. The van der Waals surface area contributed by atoms with Crippen molar-refractivity contribution >= 4 is 33.8 Å². The highest BCUT2D eigenvalue weighted by Gasteiger charge is 2.37. The summed E-state index contributed by atoms with van der Waals surface area (Å²) in [7, 11) is 0.